The zero-order valence-corrected chi connectivity index (χ0v) is 14.3. The molecule has 3 aromatic rings. The van der Waals surface area contributed by atoms with Crippen LogP contribution in [-0.2, 0) is 0 Å². The number of rotatable bonds is 3. The molecule has 1 atom stereocenters. The molecule has 118 valence electrons. The predicted molar refractivity (Wildman–Crippen MR) is 95.0 cm³/mol. The van der Waals surface area contributed by atoms with Crippen LogP contribution in [0.4, 0.5) is 5.13 Å². The number of halogens is 1. The van der Waals surface area contributed by atoms with Crippen molar-refractivity contribution in [3.05, 3.63) is 47.2 Å². The fourth-order valence-corrected chi connectivity index (χ4v) is 4.33. The Labute approximate surface area is 143 Å². The molecule has 0 saturated carbocycles. The summed E-state index contributed by atoms with van der Waals surface area (Å²) in [7, 11) is 1.66. The van der Waals surface area contributed by atoms with Crippen molar-refractivity contribution in [2.24, 2.45) is 0 Å². The molecule has 1 fully saturated rings. The van der Waals surface area contributed by atoms with Crippen LogP contribution in [0.5, 0.6) is 5.75 Å². The lowest BCUT2D eigenvalue weighted by molar-refractivity contribution is 0.419. The van der Waals surface area contributed by atoms with Crippen molar-refractivity contribution in [1.82, 2.24) is 9.97 Å². The van der Waals surface area contributed by atoms with Gasteiger partial charge in [0.15, 0.2) is 5.13 Å². The average molecular weight is 346 g/mol. The van der Waals surface area contributed by atoms with Crippen molar-refractivity contribution in [2.75, 3.05) is 25.1 Å². The molecule has 1 aliphatic heterocycles. The fourth-order valence-electron chi connectivity index (χ4n) is 3.03. The lowest BCUT2D eigenvalue weighted by Gasteiger charge is -2.14. The standard InChI is InChI=1S/C17H16ClN3OS/c1-22-14-6-5-12(18)16-15(14)20-17(23-16)21-9-7-11(10-21)13-4-2-3-8-19-13/h2-6,8,11H,7,9-10H2,1H3. The number of anilines is 1. The maximum atomic E-state index is 6.32. The number of aromatic nitrogens is 2. The van der Waals surface area contributed by atoms with Gasteiger partial charge in [-0.3, -0.25) is 4.98 Å². The Morgan fingerprint density at radius 3 is 3.00 bits per heavy atom. The van der Waals surface area contributed by atoms with E-state index in [2.05, 4.69) is 16.0 Å². The molecule has 2 aromatic heterocycles. The second kappa shape index (κ2) is 5.98. The van der Waals surface area contributed by atoms with E-state index in [-0.39, 0.29) is 0 Å². The topological polar surface area (TPSA) is 38.2 Å². The maximum absolute atomic E-state index is 6.32. The molecular weight excluding hydrogens is 330 g/mol. The first-order valence-corrected chi connectivity index (χ1v) is 8.74. The van der Waals surface area contributed by atoms with Gasteiger partial charge >= 0.3 is 0 Å². The molecular formula is C17H16ClN3OS. The fraction of sp³-hybridized carbons (Fsp3) is 0.294. The normalized spacial score (nSPS) is 17.8. The number of methoxy groups -OCH3 is 1. The van der Waals surface area contributed by atoms with Gasteiger partial charge in [0, 0.05) is 30.9 Å². The SMILES string of the molecule is COc1ccc(Cl)c2sc(N3CCC(c4ccccn4)C3)nc12. The van der Waals surface area contributed by atoms with Crippen molar-refractivity contribution in [2.45, 2.75) is 12.3 Å². The molecule has 0 amide bonds. The van der Waals surface area contributed by atoms with Crippen LogP contribution in [0.1, 0.15) is 18.0 Å². The van der Waals surface area contributed by atoms with Crippen molar-refractivity contribution in [3.8, 4) is 5.75 Å². The van der Waals surface area contributed by atoms with E-state index in [0.29, 0.717) is 5.92 Å². The highest BCUT2D eigenvalue weighted by atomic mass is 35.5. The summed E-state index contributed by atoms with van der Waals surface area (Å²) in [5.74, 6) is 1.23. The molecule has 0 radical (unpaired) electrons. The number of nitrogens with zero attached hydrogens (tertiary/aromatic N) is 3. The van der Waals surface area contributed by atoms with Crippen molar-refractivity contribution in [1.29, 1.82) is 0 Å². The minimum Gasteiger partial charge on any atom is -0.494 e. The molecule has 1 unspecified atom stereocenters. The van der Waals surface area contributed by atoms with Gasteiger partial charge in [-0.05, 0) is 30.7 Å². The van der Waals surface area contributed by atoms with Gasteiger partial charge in [-0.25, -0.2) is 4.98 Å². The summed E-state index contributed by atoms with van der Waals surface area (Å²) in [5, 5.41) is 1.73. The van der Waals surface area contributed by atoms with E-state index in [1.807, 2.05) is 30.5 Å². The van der Waals surface area contributed by atoms with Gasteiger partial charge in [-0.15, -0.1) is 0 Å². The van der Waals surface area contributed by atoms with Crippen molar-refractivity contribution >= 4 is 38.3 Å². The Bertz CT molecular complexity index is 836. The number of thiazole rings is 1. The van der Waals surface area contributed by atoms with Crippen LogP contribution in [0, 0.1) is 0 Å². The van der Waals surface area contributed by atoms with Gasteiger partial charge in [-0.1, -0.05) is 29.0 Å². The average Bonchev–Trinajstić information content (AvgIpc) is 3.23. The van der Waals surface area contributed by atoms with E-state index in [4.69, 9.17) is 21.3 Å². The molecule has 23 heavy (non-hydrogen) atoms. The van der Waals surface area contributed by atoms with Crippen LogP contribution in [0.25, 0.3) is 10.2 Å². The predicted octanol–water partition coefficient (Wildman–Crippen LogP) is 4.35. The quantitative estimate of drug-likeness (QED) is 0.707. The minimum atomic E-state index is 0.459. The second-order valence-electron chi connectivity index (χ2n) is 5.61. The summed E-state index contributed by atoms with van der Waals surface area (Å²) in [5.41, 5.74) is 2.01. The highest BCUT2D eigenvalue weighted by Gasteiger charge is 2.27. The molecule has 1 saturated heterocycles. The monoisotopic (exact) mass is 345 g/mol. The molecule has 4 nitrogen and oxygen atoms in total. The van der Waals surface area contributed by atoms with Crippen LogP contribution >= 0.6 is 22.9 Å². The van der Waals surface area contributed by atoms with E-state index in [1.165, 1.54) is 0 Å². The van der Waals surface area contributed by atoms with E-state index in [1.54, 1.807) is 18.4 Å². The zero-order valence-electron chi connectivity index (χ0n) is 12.7. The Morgan fingerprint density at radius 2 is 2.22 bits per heavy atom. The molecule has 1 aromatic carbocycles. The lowest BCUT2D eigenvalue weighted by Crippen LogP contribution is -2.19. The van der Waals surface area contributed by atoms with E-state index in [9.17, 15) is 0 Å². The van der Waals surface area contributed by atoms with Gasteiger partial charge < -0.3 is 9.64 Å². The first-order valence-electron chi connectivity index (χ1n) is 7.55. The summed E-state index contributed by atoms with van der Waals surface area (Å²) >= 11 is 7.95. The number of hydrogen-bond donors (Lipinski definition) is 0. The van der Waals surface area contributed by atoms with Crippen LogP contribution in [0.3, 0.4) is 0 Å². The van der Waals surface area contributed by atoms with Crippen molar-refractivity contribution < 1.29 is 4.74 Å². The third-order valence-corrected chi connectivity index (χ3v) is 5.81. The molecule has 3 heterocycles. The van der Waals surface area contributed by atoms with Crippen molar-refractivity contribution in [3.63, 3.8) is 0 Å². The summed E-state index contributed by atoms with van der Waals surface area (Å²) in [4.78, 5) is 11.6. The number of ether oxygens (including phenoxy) is 1. The van der Waals surface area contributed by atoms with Crippen LogP contribution < -0.4 is 9.64 Å². The van der Waals surface area contributed by atoms with Crippen LogP contribution in [-0.4, -0.2) is 30.2 Å². The Kier molecular flexibility index (Phi) is 3.83. The highest BCUT2D eigenvalue weighted by Crippen LogP contribution is 2.40. The van der Waals surface area contributed by atoms with Gasteiger partial charge in [0.25, 0.3) is 0 Å². The van der Waals surface area contributed by atoms with Crippen LogP contribution in [0.15, 0.2) is 36.5 Å². The molecule has 4 rings (SSSR count). The Balaban J connectivity index is 1.64. The maximum Gasteiger partial charge on any atom is 0.186 e. The third-order valence-electron chi connectivity index (χ3n) is 4.23. The lowest BCUT2D eigenvalue weighted by atomic mass is 10.0. The minimum absolute atomic E-state index is 0.459. The summed E-state index contributed by atoms with van der Waals surface area (Å²) < 4.78 is 6.39. The first-order chi connectivity index (χ1) is 11.3. The van der Waals surface area contributed by atoms with Gasteiger partial charge in [0.2, 0.25) is 0 Å². The second-order valence-corrected chi connectivity index (χ2v) is 6.99. The summed E-state index contributed by atoms with van der Waals surface area (Å²) in [6.07, 6.45) is 2.96. The Hall–Kier alpha value is -1.85. The number of benzene rings is 1. The summed E-state index contributed by atoms with van der Waals surface area (Å²) in [6.45, 7) is 1.93. The van der Waals surface area contributed by atoms with Gasteiger partial charge in [0.1, 0.15) is 11.3 Å². The molecule has 6 heteroatoms. The number of hydrogen-bond acceptors (Lipinski definition) is 5. The molecule has 0 aliphatic carbocycles. The first kappa shape index (κ1) is 14.7. The largest absolute Gasteiger partial charge is 0.494 e. The zero-order chi connectivity index (χ0) is 15.8. The highest BCUT2D eigenvalue weighted by molar-refractivity contribution is 7.22. The van der Waals surface area contributed by atoms with Gasteiger partial charge in [0.05, 0.1) is 16.8 Å². The van der Waals surface area contributed by atoms with E-state index in [0.717, 1.165) is 51.3 Å². The van der Waals surface area contributed by atoms with E-state index < -0.39 is 0 Å². The van der Waals surface area contributed by atoms with E-state index >= 15 is 0 Å². The smallest absolute Gasteiger partial charge is 0.186 e. The number of pyridine rings is 1. The van der Waals surface area contributed by atoms with Crippen LogP contribution in [0.2, 0.25) is 5.02 Å². The molecule has 0 bridgehead atoms. The van der Waals surface area contributed by atoms with Gasteiger partial charge in [-0.2, -0.15) is 0 Å². The molecule has 1 aliphatic rings. The molecule has 0 spiro atoms. The summed E-state index contributed by atoms with van der Waals surface area (Å²) in [6, 6.07) is 9.85. The Morgan fingerprint density at radius 1 is 1.30 bits per heavy atom. The molecule has 0 N–H and O–H groups in total. The number of fused-ring (bicyclic) bond motifs is 1. The third kappa shape index (κ3) is 2.64.